The van der Waals surface area contributed by atoms with Gasteiger partial charge in [0.1, 0.15) is 0 Å². The highest BCUT2D eigenvalue weighted by atomic mass is 32.2. The Kier molecular flexibility index (Phi) is 4.76. The number of aliphatic carboxylic acids is 1. The molecule has 108 valence electrons. The van der Waals surface area contributed by atoms with Gasteiger partial charge < -0.3 is 10.4 Å². The summed E-state index contributed by atoms with van der Waals surface area (Å²) in [5, 5.41) is 12.0. The summed E-state index contributed by atoms with van der Waals surface area (Å²) in [5.74, 6) is -0.804. The van der Waals surface area contributed by atoms with E-state index >= 15 is 0 Å². The zero-order chi connectivity index (χ0) is 13.9. The Morgan fingerprint density at radius 3 is 2.21 bits per heavy atom. The summed E-state index contributed by atoms with van der Waals surface area (Å²) in [4.78, 5) is 23.0. The van der Waals surface area contributed by atoms with Crippen LogP contribution in [0.5, 0.6) is 0 Å². The fourth-order valence-corrected chi connectivity index (χ4v) is 3.93. The van der Waals surface area contributed by atoms with Crippen LogP contribution in [0.15, 0.2) is 0 Å². The van der Waals surface area contributed by atoms with Gasteiger partial charge in [0.2, 0.25) is 5.91 Å². The molecule has 1 amide bonds. The molecule has 0 atom stereocenters. The molecule has 5 heteroatoms. The second-order valence-electron chi connectivity index (χ2n) is 5.85. The molecule has 0 bridgehead atoms. The summed E-state index contributed by atoms with van der Waals surface area (Å²) in [6, 6.07) is 0. The Labute approximate surface area is 118 Å². The molecule has 0 aromatic heterocycles. The van der Waals surface area contributed by atoms with Gasteiger partial charge in [-0.15, -0.1) is 0 Å². The Bertz CT molecular complexity index is 341. The van der Waals surface area contributed by atoms with Crippen molar-refractivity contribution in [2.24, 2.45) is 11.8 Å². The second-order valence-corrected chi connectivity index (χ2v) is 7.12. The van der Waals surface area contributed by atoms with Gasteiger partial charge in [0, 0.05) is 17.2 Å². The van der Waals surface area contributed by atoms with Gasteiger partial charge in [-0.25, -0.2) is 0 Å². The maximum absolute atomic E-state index is 12.1. The normalized spacial score (nSPS) is 29.3. The summed E-state index contributed by atoms with van der Waals surface area (Å²) < 4.78 is 0.272. The largest absolute Gasteiger partial charge is 0.481 e. The van der Waals surface area contributed by atoms with Gasteiger partial charge in [-0.2, -0.15) is 11.8 Å². The maximum Gasteiger partial charge on any atom is 0.306 e. The lowest BCUT2D eigenvalue weighted by molar-refractivity contribution is -0.144. The van der Waals surface area contributed by atoms with E-state index in [2.05, 4.69) is 11.6 Å². The molecule has 2 saturated carbocycles. The van der Waals surface area contributed by atoms with Crippen LogP contribution in [0.3, 0.4) is 0 Å². The quantitative estimate of drug-likeness (QED) is 0.813. The third-order valence-corrected chi connectivity index (χ3v) is 6.15. The zero-order valence-electron chi connectivity index (χ0n) is 11.5. The number of carboxylic acid groups (broad SMARTS) is 1. The minimum absolute atomic E-state index is 0.0228. The van der Waals surface area contributed by atoms with Gasteiger partial charge in [0.15, 0.2) is 0 Å². The average Bonchev–Trinajstić information content (AvgIpc) is 2.38. The van der Waals surface area contributed by atoms with Crippen molar-refractivity contribution in [3.05, 3.63) is 0 Å². The minimum Gasteiger partial charge on any atom is -0.481 e. The predicted molar refractivity (Wildman–Crippen MR) is 76.2 cm³/mol. The van der Waals surface area contributed by atoms with E-state index < -0.39 is 5.97 Å². The van der Waals surface area contributed by atoms with Crippen LogP contribution in [0.4, 0.5) is 0 Å². The molecule has 0 saturated heterocycles. The van der Waals surface area contributed by atoms with Crippen molar-refractivity contribution in [2.45, 2.75) is 49.7 Å². The first-order valence-corrected chi connectivity index (χ1v) is 8.34. The molecule has 2 fully saturated rings. The highest BCUT2D eigenvalue weighted by Crippen LogP contribution is 2.42. The van der Waals surface area contributed by atoms with Crippen molar-refractivity contribution in [3.8, 4) is 0 Å². The summed E-state index contributed by atoms with van der Waals surface area (Å²) in [5.41, 5.74) is 0. The lowest BCUT2D eigenvalue weighted by Crippen LogP contribution is -2.47. The van der Waals surface area contributed by atoms with Gasteiger partial charge in [-0.05, 0) is 44.8 Å². The Morgan fingerprint density at radius 2 is 1.79 bits per heavy atom. The smallest absolute Gasteiger partial charge is 0.306 e. The molecule has 2 N–H and O–H groups in total. The molecule has 0 heterocycles. The first kappa shape index (κ1) is 14.7. The summed E-state index contributed by atoms with van der Waals surface area (Å²) in [6.07, 6.45) is 8.48. The molecule has 19 heavy (non-hydrogen) atoms. The number of amides is 1. The number of carbonyl (C=O) groups excluding carboxylic acids is 1. The zero-order valence-corrected chi connectivity index (χ0v) is 12.3. The molecule has 0 spiro atoms. The van der Waals surface area contributed by atoms with Crippen LogP contribution in [-0.4, -0.2) is 34.5 Å². The summed E-state index contributed by atoms with van der Waals surface area (Å²) in [7, 11) is 0. The fraction of sp³-hybridized carbons (Fsp3) is 0.857. The average molecular weight is 285 g/mol. The fourth-order valence-electron chi connectivity index (χ4n) is 3.02. The summed E-state index contributed by atoms with van der Waals surface area (Å²) >= 11 is 1.86. The number of nitrogens with one attached hydrogen (secondary N) is 1. The van der Waals surface area contributed by atoms with Crippen molar-refractivity contribution in [1.29, 1.82) is 0 Å². The molecular formula is C14H23NO3S. The Balaban J connectivity index is 1.74. The highest BCUT2D eigenvalue weighted by molar-refractivity contribution is 8.00. The van der Waals surface area contributed by atoms with Gasteiger partial charge in [0.25, 0.3) is 0 Å². The first-order valence-electron chi connectivity index (χ1n) is 7.12. The van der Waals surface area contributed by atoms with Crippen LogP contribution in [0.1, 0.15) is 44.9 Å². The first-order chi connectivity index (χ1) is 9.06. The van der Waals surface area contributed by atoms with Crippen LogP contribution >= 0.6 is 11.8 Å². The van der Waals surface area contributed by atoms with Crippen LogP contribution in [0, 0.1) is 11.8 Å². The molecule has 2 aliphatic carbocycles. The number of carbonyl (C=O) groups is 2. The molecule has 4 nitrogen and oxygen atoms in total. The SMILES string of the molecule is CSC1(CNC(=O)C2CCC(C(=O)O)CC2)CCC1. The van der Waals surface area contributed by atoms with Gasteiger partial charge in [-0.3, -0.25) is 9.59 Å². The standard InChI is InChI=1S/C14H23NO3S/c1-19-14(7-2-8-14)9-15-12(16)10-3-5-11(6-4-10)13(17)18/h10-11H,2-9H2,1H3,(H,15,16)(H,17,18). The van der Waals surface area contributed by atoms with E-state index in [-0.39, 0.29) is 22.5 Å². The van der Waals surface area contributed by atoms with E-state index in [1.54, 1.807) is 0 Å². The predicted octanol–water partition coefficient (Wildman–Crippen LogP) is 2.28. The lowest BCUT2D eigenvalue weighted by atomic mass is 9.81. The molecule has 0 unspecified atom stereocenters. The van der Waals surface area contributed by atoms with E-state index in [9.17, 15) is 9.59 Å². The van der Waals surface area contributed by atoms with Crippen molar-refractivity contribution in [2.75, 3.05) is 12.8 Å². The number of hydrogen-bond acceptors (Lipinski definition) is 3. The van der Waals surface area contributed by atoms with E-state index in [1.165, 1.54) is 19.3 Å². The van der Waals surface area contributed by atoms with Gasteiger partial charge in [0.05, 0.1) is 5.92 Å². The molecule has 2 rings (SSSR count). The molecule has 0 aromatic carbocycles. The number of thioether (sulfide) groups is 1. The summed E-state index contributed by atoms with van der Waals surface area (Å²) in [6.45, 7) is 0.770. The monoisotopic (exact) mass is 285 g/mol. The highest BCUT2D eigenvalue weighted by Gasteiger charge is 2.37. The molecule has 0 radical (unpaired) electrons. The van der Waals surface area contributed by atoms with E-state index in [1.807, 2.05) is 11.8 Å². The molecular weight excluding hydrogens is 262 g/mol. The topological polar surface area (TPSA) is 66.4 Å². The van der Waals surface area contributed by atoms with Gasteiger partial charge in [-0.1, -0.05) is 6.42 Å². The van der Waals surface area contributed by atoms with E-state index in [0.29, 0.717) is 12.8 Å². The van der Waals surface area contributed by atoms with E-state index in [0.717, 1.165) is 19.4 Å². The number of hydrogen-bond donors (Lipinski definition) is 2. The molecule has 2 aliphatic rings. The molecule has 0 aromatic rings. The van der Waals surface area contributed by atoms with Crippen molar-refractivity contribution in [3.63, 3.8) is 0 Å². The Hall–Kier alpha value is -0.710. The van der Waals surface area contributed by atoms with Crippen LogP contribution in [0.2, 0.25) is 0 Å². The van der Waals surface area contributed by atoms with Crippen LogP contribution < -0.4 is 5.32 Å². The van der Waals surface area contributed by atoms with E-state index in [4.69, 9.17) is 5.11 Å². The minimum atomic E-state index is -0.713. The third kappa shape index (κ3) is 3.44. The number of rotatable bonds is 5. The van der Waals surface area contributed by atoms with Crippen LogP contribution in [0.25, 0.3) is 0 Å². The van der Waals surface area contributed by atoms with Crippen molar-refractivity contribution in [1.82, 2.24) is 5.32 Å². The van der Waals surface area contributed by atoms with Gasteiger partial charge >= 0.3 is 5.97 Å². The maximum atomic E-state index is 12.1. The lowest BCUT2D eigenvalue weighted by Gasteiger charge is -2.40. The molecule has 0 aliphatic heterocycles. The Morgan fingerprint density at radius 1 is 1.21 bits per heavy atom. The number of carboxylic acids is 1. The van der Waals surface area contributed by atoms with Crippen LogP contribution in [-0.2, 0) is 9.59 Å². The third-order valence-electron chi connectivity index (χ3n) is 4.73. The second kappa shape index (κ2) is 6.16. The van der Waals surface area contributed by atoms with Crippen molar-refractivity contribution >= 4 is 23.6 Å². The van der Waals surface area contributed by atoms with Crippen molar-refractivity contribution < 1.29 is 14.7 Å².